The molecule has 0 bridgehead atoms. The minimum absolute atomic E-state index is 0.0384. The van der Waals surface area contributed by atoms with Crippen molar-refractivity contribution in [3.05, 3.63) is 21.3 Å². The van der Waals surface area contributed by atoms with E-state index in [9.17, 15) is 4.79 Å². The molecule has 0 radical (unpaired) electrons. The Labute approximate surface area is 123 Å². The number of hydrogen-bond acceptors (Lipinski definition) is 3. The van der Waals surface area contributed by atoms with Crippen LogP contribution >= 0.6 is 22.9 Å². The highest BCUT2D eigenvalue weighted by atomic mass is 35.5. The molecule has 4 nitrogen and oxygen atoms in total. The summed E-state index contributed by atoms with van der Waals surface area (Å²) in [5.41, 5.74) is 0. The summed E-state index contributed by atoms with van der Waals surface area (Å²) in [6.45, 7) is 7.24. The molecular weight excluding hydrogens is 284 g/mol. The molecule has 1 aromatic rings. The molecule has 1 aromatic heterocycles. The van der Waals surface area contributed by atoms with Crippen LogP contribution in [-0.2, 0) is 11.3 Å². The molecule has 0 aliphatic rings. The van der Waals surface area contributed by atoms with Gasteiger partial charge in [-0.1, -0.05) is 11.6 Å². The monoisotopic (exact) mass is 304 g/mol. The lowest BCUT2D eigenvalue weighted by Crippen LogP contribution is -2.39. The number of thiophene rings is 1. The summed E-state index contributed by atoms with van der Waals surface area (Å²) < 4.78 is 5.98. The molecule has 0 aromatic carbocycles. The van der Waals surface area contributed by atoms with E-state index < -0.39 is 0 Å². The molecule has 1 N–H and O–H groups in total. The van der Waals surface area contributed by atoms with Crippen LogP contribution in [0, 0.1) is 0 Å². The fraction of sp³-hybridized carbons (Fsp3) is 0.615. The number of halogens is 1. The highest BCUT2D eigenvalue weighted by Crippen LogP contribution is 2.22. The van der Waals surface area contributed by atoms with Gasteiger partial charge in [-0.2, -0.15) is 0 Å². The third kappa shape index (κ3) is 6.27. The third-order valence-corrected chi connectivity index (χ3v) is 3.81. The highest BCUT2D eigenvalue weighted by molar-refractivity contribution is 7.16. The molecule has 0 fully saturated rings. The standard InChI is InChI=1S/C13H21ClN2O2S/c1-3-16(10-11-6-7-12(14)19-11)13(17)15-8-5-9-18-4-2/h6-7H,3-5,8-10H2,1-2H3,(H,15,17). The van der Waals surface area contributed by atoms with E-state index in [4.69, 9.17) is 16.3 Å². The van der Waals surface area contributed by atoms with E-state index >= 15 is 0 Å². The van der Waals surface area contributed by atoms with Crippen molar-refractivity contribution in [2.45, 2.75) is 26.8 Å². The first-order valence-corrected chi connectivity index (χ1v) is 7.71. The summed E-state index contributed by atoms with van der Waals surface area (Å²) in [7, 11) is 0. The molecule has 0 saturated carbocycles. The highest BCUT2D eigenvalue weighted by Gasteiger charge is 2.12. The number of rotatable bonds is 8. The number of urea groups is 1. The molecular formula is C13H21ClN2O2S. The van der Waals surface area contributed by atoms with E-state index in [-0.39, 0.29) is 6.03 Å². The molecule has 0 unspecified atom stereocenters. The van der Waals surface area contributed by atoms with E-state index in [2.05, 4.69) is 5.32 Å². The van der Waals surface area contributed by atoms with E-state index in [0.717, 1.165) is 15.6 Å². The number of carbonyl (C=O) groups is 1. The fourth-order valence-electron chi connectivity index (χ4n) is 1.58. The number of carbonyl (C=O) groups excluding carboxylic acids is 1. The number of nitrogens with zero attached hydrogens (tertiary/aromatic N) is 1. The van der Waals surface area contributed by atoms with E-state index in [0.29, 0.717) is 32.8 Å². The zero-order chi connectivity index (χ0) is 14.1. The average molecular weight is 305 g/mol. The number of ether oxygens (including phenoxy) is 1. The van der Waals surface area contributed by atoms with Crippen LogP contribution in [0.5, 0.6) is 0 Å². The molecule has 0 spiro atoms. The molecule has 2 amide bonds. The van der Waals surface area contributed by atoms with Gasteiger partial charge in [0.2, 0.25) is 0 Å². The zero-order valence-electron chi connectivity index (χ0n) is 11.4. The second kappa shape index (κ2) is 9.18. The Morgan fingerprint density at radius 3 is 2.84 bits per heavy atom. The van der Waals surface area contributed by atoms with Gasteiger partial charge >= 0.3 is 6.03 Å². The Hall–Kier alpha value is -0.780. The van der Waals surface area contributed by atoms with E-state index in [1.54, 1.807) is 4.90 Å². The van der Waals surface area contributed by atoms with Crippen LogP contribution in [0.2, 0.25) is 4.34 Å². The van der Waals surface area contributed by atoms with Crippen LogP contribution in [0.25, 0.3) is 0 Å². The van der Waals surface area contributed by atoms with Gasteiger partial charge in [0.05, 0.1) is 10.9 Å². The number of amides is 2. The van der Waals surface area contributed by atoms with Gasteiger partial charge in [0, 0.05) is 31.2 Å². The van der Waals surface area contributed by atoms with Crippen LogP contribution in [0.3, 0.4) is 0 Å². The normalized spacial score (nSPS) is 10.5. The quantitative estimate of drug-likeness (QED) is 0.748. The molecule has 108 valence electrons. The van der Waals surface area contributed by atoms with Gasteiger partial charge in [-0.15, -0.1) is 11.3 Å². The molecule has 19 heavy (non-hydrogen) atoms. The zero-order valence-corrected chi connectivity index (χ0v) is 13.0. The second-order valence-corrected chi connectivity index (χ2v) is 5.80. The molecule has 0 aliphatic heterocycles. The van der Waals surface area contributed by atoms with Gasteiger partial charge in [-0.3, -0.25) is 0 Å². The number of nitrogens with one attached hydrogen (secondary N) is 1. The van der Waals surface area contributed by atoms with Crippen molar-refractivity contribution in [3.63, 3.8) is 0 Å². The molecule has 0 atom stereocenters. The lowest BCUT2D eigenvalue weighted by atomic mass is 10.4. The minimum atomic E-state index is -0.0384. The van der Waals surface area contributed by atoms with Crippen molar-refractivity contribution in [1.29, 1.82) is 0 Å². The summed E-state index contributed by atoms with van der Waals surface area (Å²) in [5, 5.41) is 2.90. The van der Waals surface area contributed by atoms with Gasteiger partial charge in [0.1, 0.15) is 0 Å². The second-order valence-electron chi connectivity index (χ2n) is 4.00. The van der Waals surface area contributed by atoms with Crippen molar-refractivity contribution >= 4 is 29.0 Å². The van der Waals surface area contributed by atoms with Crippen molar-refractivity contribution in [2.75, 3.05) is 26.3 Å². The molecule has 0 saturated heterocycles. The smallest absolute Gasteiger partial charge is 0.317 e. The Balaban J connectivity index is 2.31. The molecule has 1 heterocycles. The number of hydrogen-bond donors (Lipinski definition) is 1. The summed E-state index contributed by atoms with van der Waals surface area (Å²) in [6, 6.07) is 3.77. The topological polar surface area (TPSA) is 41.6 Å². The van der Waals surface area contributed by atoms with Crippen LogP contribution in [-0.4, -0.2) is 37.2 Å². The molecule has 0 aliphatic carbocycles. The van der Waals surface area contributed by atoms with E-state index in [1.807, 2.05) is 26.0 Å². The predicted molar refractivity (Wildman–Crippen MR) is 79.9 cm³/mol. The van der Waals surface area contributed by atoms with E-state index in [1.165, 1.54) is 11.3 Å². The Morgan fingerprint density at radius 1 is 1.47 bits per heavy atom. The summed E-state index contributed by atoms with van der Waals surface area (Å²) in [5.74, 6) is 0. The van der Waals surface area contributed by atoms with Crippen LogP contribution in [0.4, 0.5) is 4.79 Å². The maximum absolute atomic E-state index is 12.0. The molecule has 6 heteroatoms. The van der Waals surface area contributed by atoms with Crippen LogP contribution < -0.4 is 5.32 Å². The van der Waals surface area contributed by atoms with Gasteiger partial charge in [-0.05, 0) is 32.4 Å². The summed E-state index contributed by atoms with van der Waals surface area (Å²) in [6.07, 6.45) is 0.835. The largest absolute Gasteiger partial charge is 0.382 e. The van der Waals surface area contributed by atoms with Crippen molar-refractivity contribution in [2.24, 2.45) is 0 Å². The molecule has 1 rings (SSSR count). The fourth-order valence-corrected chi connectivity index (χ4v) is 2.68. The maximum Gasteiger partial charge on any atom is 0.317 e. The Morgan fingerprint density at radius 2 is 2.26 bits per heavy atom. The maximum atomic E-state index is 12.0. The summed E-state index contributed by atoms with van der Waals surface area (Å²) >= 11 is 7.39. The SMILES string of the molecule is CCOCCCNC(=O)N(CC)Cc1ccc(Cl)s1. The summed E-state index contributed by atoms with van der Waals surface area (Å²) in [4.78, 5) is 14.8. The first kappa shape index (κ1) is 16.3. The lowest BCUT2D eigenvalue weighted by molar-refractivity contribution is 0.144. The minimum Gasteiger partial charge on any atom is -0.382 e. The van der Waals surface area contributed by atoms with Crippen molar-refractivity contribution in [3.8, 4) is 0 Å². The Bertz CT molecular complexity index is 384. The van der Waals surface area contributed by atoms with Gasteiger partial charge in [0.25, 0.3) is 0 Å². The lowest BCUT2D eigenvalue weighted by Gasteiger charge is -2.20. The predicted octanol–water partition coefficient (Wildman–Crippen LogP) is 3.36. The van der Waals surface area contributed by atoms with Crippen LogP contribution in [0.1, 0.15) is 25.1 Å². The first-order chi connectivity index (χ1) is 9.17. The van der Waals surface area contributed by atoms with Crippen molar-refractivity contribution in [1.82, 2.24) is 10.2 Å². The first-order valence-electron chi connectivity index (χ1n) is 6.52. The van der Waals surface area contributed by atoms with Gasteiger partial charge in [0.15, 0.2) is 0 Å². The van der Waals surface area contributed by atoms with Crippen molar-refractivity contribution < 1.29 is 9.53 Å². The average Bonchev–Trinajstić information content (AvgIpc) is 2.81. The third-order valence-electron chi connectivity index (χ3n) is 2.59. The van der Waals surface area contributed by atoms with Gasteiger partial charge < -0.3 is 15.0 Å². The van der Waals surface area contributed by atoms with Gasteiger partial charge in [-0.25, -0.2) is 4.79 Å². The van der Waals surface area contributed by atoms with Crippen LogP contribution in [0.15, 0.2) is 12.1 Å². The Kier molecular flexibility index (Phi) is 7.86.